The largest absolute Gasteiger partial charge is 0.486 e. The molecule has 0 saturated heterocycles. The van der Waals surface area contributed by atoms with E-state index in [2.05, 4.69) is 5.10 Å². The highest BCUT2D eigenvalue weighted by Gasteiger charge is 2.01. The van der Waals surface area contributed by atoms with Crippen LogP contribution >= 0.6 is 0 Å². The zero-order chi connectivity index (χ0) is 12.3. The maximum atomic E-state index is 10.9. The van der Waals surface area contributed by atoms with E-state index >= 15 is 0 Å². The maximum Gasteiger partial charge on any atom is 0.248 e. The maximum absolute atomic E-state index is 10.9. The third-order valence-corrected chi connectivity index (χ3v) is 2.33. The van der Waals surface area contributed by atoms with E-state index in [-0.39, 0.29) is 0 Å². The molecule has 1 amide bonds. The summed E-state index contributed by atoms with van der Waals surface area (Å²) in [7, 11) is 1.83. The van der Waals surface area contributed by atoms with Crippen LogP contribution in [-0.2, 0) is 13.7 Å². The Morgan fingerprint density at radius 2 is 2.12 bits per heavy atom. The molecule has 0 saturated carbocycles. The Kier molecular flexibility index (Phi) is 3.09. The number of carbonyl (C=O) groups excluding carboxylic acids is 1. The molecule has 0 unspecified atom stereocenters. The van der Waals surface area contributed by atoms with Crippen LogP contribution in [0.25, 0.3) is 0 Å². The molecule has 1 aromatic carbocycles. The lowest BCUT2D eigenvalue weighted by atomic mass is 10.1. The molecule has 17 heavy (non-hydrogen) atoms. The Balaban J connectivity index is 1.97. The minimum atomic E-state index is -0.426. The highest BCUT2D eigenvalue weighted by molar-refractivity contribution is 5.92. The van der Waals surface area contributed by atoms with E-state index in [9.17, 15) is 4.79 Å². The molecule has 5 nitrogen and oxygen atoms in total. The minimum absolute atomic E-state index is 0.426. The molecule has 2 aromatic rings. The smallest absolute Gasteiger partial charge is 0.248 e. The molecule has 2 N–H and O–H groups in total. The van der Waals surface area contributed by atoms with Crippen LogP contribution < -0.4 is 10.5 Å². The lowest BCUT2D eigenvalue weighted by Crippen LogP contribution is -2.10. The molecule has 1 aromatic heterocycles. The van der Waals surface area contributed by atoms with Crippen LogP contribution in [0.1, 0.15) is 15.9 Å². The average Bonchev–Trinajstić information content (AvgIpc) is 2.73. The Morgan fingerprint density at radius 1 is 1.41 bits per heavy atom. The predicted octanol–water partition coefficient (Wildman–Crippen LogP) is 1.10. The van der Waals surface area contributed by atoms with Crippen LogP contribution in [0.5, 0.6) is 5.75 Å². The number of aromatic nitrogens is 2. The summed E-state index contributed by atoms with van der Waals surface area (Å²) in [6.45, 7) is 0.435. The molecule has 1 heterocycles. The number of aryl methyl sites for hydroxylation is 1. The van der Waals surface area contributed by atoms with Gasteiger partial charge in [-0.15, -0.1) is 0 Å². The average molecular weight is 231 g/mol. The first kappa shape index (κ1) is 11.2. The van der Waals surface area contributed by atoms with Crippen LogP contribution in [0, 0.1) is 0 Å². The van der Waals surface area contributed by atoms with Crippen molar-refractivity contribution in [2.75, 3.05) is 0 Å². The number of amides is 1. The fraction of sp³-hybridized carbons (Fsp3) is 0.167. The summed E-state index contributed by atoms with van der Waals surface area (Å²) < 4.78 is 7.19. The molecular weight excluding hydrogens is 218 g/mol. The van der Waals surface area contributed by atoms with Gasteiger partial charge < -0.3 is 10.5 Å². The van der Waals surface area contributed by atoms with Crippen molar-refractivity contribution in [1.82, 2.24) is 9.78 Å². The van der Waals surface area contributed by atoms with Crippen molar-refractivity contribution < 1.29 is 9.53 Å². The van der Waals surface area contributed by atoms with E-state index in [4.69, 9.17) is 10.5 Å². The van der Waals surface area contributed by atoms with Crippen LogP contribution in [0.2, 0.25) is 0 Å². The van der Waals surface area contributed by atoms with E-state index in [1.165, 1.54) is 0 Å². The van der Waals surface area contributed by atoms with Crippen molar-refractivity contribution in [3.05, 3.63) is 47.8 Å². The summed E-state index contributed by atoms with van der Waals surface area (Å²) in [4.78, 5) is 10.9. The second-order valence-electron chi connectivity index (χ2n) is 3.70. The Bertz CT molecular complexity index is 517. The second kappa shape index (κ2) is 4.69. The number of nitrogens with zero attached hydrogens (tertiary/aromatic N) is 2. The van der Waals surface area contributed by atoms with Crippen LogP contribution in [0.4, 0.5) is 0 Å². The summed E-state index contributed by atoms with van der Waals surface area (Å²) in [5.74, 6) is 0.288. The standard InChI is InChI=1S/C12H13N3O2/c1-15-7-11(6-14-15)17-8-9-2-4-10(5-3-9)12(13)16/h2-7H,8H2,1H3,(H2,13,16). The molecule has 0 spiro atoms. The van der Waals surface area contributed by atoms with Crippen LogP contribution in [0.3, 0.4) is 0 Å². The van der Waals surface area contributed by atoms with Crippen molar-refractivity contribution >= 4 is 5.91 Å². The van der Waals surface area contributed by atoms with Crippen molar-refractivity contribution in [1.29, 1.82) is 0 Å². The molecule has 88 valence electrons. The monoisotopic (exact) mass is 231 g/mol. The van der Waals surface area contributed by atoms with Gasteiger partial charge in [0.05, 0.1) is 12.4 Å². The highest BCUT2D eigenvalue weighted by Crippen LogP contribution is 2.11. The number of carbonyl (C=O) groups is 1. The van der Waals surface area contributed by atoms with Gasteiger partial charge in [0.1, 0.15) is 6.61 Å². The number of primary amides is 1. The normalized spacial score (nSPS) is 10.2. The zero-order valence-corrected chi connectivity index (χ0v) is 9.46. The van der Waals surface area contributed by atoms with E-state index in [1.54, 1.807) is 29.2 Å². The fourth-order valence-electron chi connectivity index (χ4n) is 1.41. The number of ether oxygens (including phenoxy) is 1. The summed E-state index contributed by atoms with van der Waals surface area (Å²) >= 11 is 0. The summed E-state index contributed by atoms with van der Waals surface area (Å²) in [6.07, 6.45) is 3.44. The van der Waals surface area contributed by atoms with E-state index < -0.39 is 5.91 Å². The first-order chi connectivity index (χ1) is 8.15. The van der Waals surface area contributed by atoms with Crippen molar-refractivity contribution in [3.63, 3.8) is 0 Å². The van der Waals surface area contributed by atoms with Gasteiger partial charge in [-0.25, -0.2) is 0 Å². The third-order valence-electron chi connectivity index (χ3n) is 2.33. The first-order valence-electron chi connectivity index (χ1n) is 5.15. The molecule has 5 heteroatoms. The quantitative estimate of drug-likeness (QED) is 0.856. The van der Waals surface area contributed by atoms with Gasteiger partial charge in [-0.1, -0.05) is 12.1 Å². The van der Waals surface area contributed by atoms with Gasteiger partial charge >= 0.3 is 0 Å². The van der Waals surface area contributed by atoms with Crippen molar-refractivity contribution in [2.45, 2.75) is 6.61 Å². The summed E-state index contributed by atoms with van der Waals surface area (Å²) in [6, 6.07) is 7.00. The molecule has 0 aliphatic rings. The van der Waals surface area contributed by atoms with Gasteiger partial charge in [0.2, 0.25) is 5.91 Å². The van der Waals surface area contributed by atoms with Crippen LogP contribution in [-0.4, -0.2) is 15.7 Å². The highest BCUT2D eigenvalue weighted by atomic mass is 16.5. The number of nitrogens with two attached hydrogens (primary N) is 1. The number of rotatable bonds is 4. The lowest BCUT2D eigenvalue weighted by Gasteiger charge is -2.03. The zero-order valence-electron chi connectivity index (χ0n) is 9.46. The SMILES string of the molecule is Cn1cc(OCc2ccc(C(N)=O)cc2)cn1. The van der Waals surface area contributed by atoms with Crippen molar-refractivity contribution in [3.8, 4) is 5.75 Å². The van der Waals surface area contributed by atoms with Gasteiger partial charge in [-0.3, -0.25) is 9.48 Å². The number of hydrogen-bond acceptors (Lipinski definition) is 3. The minimum Gasteiger partial charge on any atom is -0.486 e. The van der Waals surface area contributed by atoms with Gasteiger partial charge in [-0.05, 0) is 17.7 Å². The topological polar surface area (TPSA) is 70.1 Å². The molecule has 0 atom stereocenters. The molecule has 0 bridgehead atoms. The number of benzene rings is 1. The van der Waals surface area contributed by atoms with Crippen LogP contribution in [0.15, 0.2) is 36.7 Å². The second-order valence-corrected chi connectivity index (χ2v) is 3.70. The fourth-order valence-corrected chi connectivity index (χ4v) is 1.41. The lowest BCUT2D eigenvalue weighted by molar-refractivity contribution is 0.1000. The molecule has 0 aliphatic heterocycles. The van der Waals surface area contributed by atoms with E-state index in [0.29, 0.717) is 17.9 Å². The predicted molar refractivity (Wildman–Crippen MR) is 62.5 cm³/mol. The summed E-state index contributed by atoms with van der Waals surface area (Å²) in [5, 5.41) is 4.00. The first-order valence-corrected chi connectivity index (χ1v) is 5.15. The van der Waals surface area contributed by atoms with Gasteiger partial charge in [0, 0.05) is 12.6 Å². The molecule has 0 radical (unpaired) electrons. The molecule has 2 rings (SSSR count). The third kappa shape index (κ3) is 2.84. The Hall–Kier alpha value is -2.30. The molecular formula is C12H13N3O2. The van der Waals surface area contributed by atoms with Gasteiger partial charge in [0.25, 0.3) is 0 Å². The van der Waals surface area contributed by atoms with E-state index in [1.807, 2.05) is 19.2 Å². The Labute approximate surface area is 98.8 Å². The number of hydrogen-bond donors (Lipinski definition) is 1. The van der Waals surface area contributed by atoms with Crippen molar-refractivity contribution in [2.24, 2.45) is 12.8 Å². The van der Waals surface area contributed by atoms with Gasteiger partial charge in [-0.2, -0.15) is 5.10 Å². The van der Waals surface area contributed by atoms with E-state index in [0.717, 1.165) is 5.56 Å². The molecule has 0 aliphatic carbocycles. The molecule has 0 fully saturated rings. The Morgan fingerprint density at radius 3 is 2.65 bits per heavy atom. The van der Waals surface area contributed by atoms with Gasteiger partial charge in [0.15, 0.2) is 5.75 Å². The summed E-state index contributed by atoms with van der Waals surface area (Å²) in [5.41, 5.74) is 6.62.